The molecule has 11 heteroatoms. The van der Waals surface area contributed by atoms with Crippen LogP contribution in [0.1, 0.15) is 53.3 Å². The highest BCUT2D eigenvalue weighted by atomic mass is 19.4. The molecule has 1 amide bonds. The van der Waals surface area contributed by atoms with Gasteiger partial charge in [0.1, 0.15) is 5.69 Å². The molecule has 0 unspecified atom stereocenters. The van der Waals surface area contributed by atoms with E-state index in [4.69, 9.17) is 4.52 Å². The van der Waals surface area contributed by atoms with Gasteiger partial charge in [0.15, 0.2) is 5.69 Å². The maximum atomic E-state index is 13.2. The lowest BCUT2D eigenvalue weighted by Crippen LogP contribution is -2.11. The molecule has 0 spiro atoms. The summed E-state index contributed by atoms with van der Waals surface area (Å²) in [5, 5.41) is 14.8. The third-order valence-corrected chi connectivity index (χ3v) is 5.67. The summed E-state index contributed by atoms with van der Waals surface area (Å²) in [5.41, 5.74) is 2.63. The minimum Gasteiger partial charge on any atom is -0.350 e. The topological polar surface area (TPSA) is 90.8 Å². The highest BCUT2D eigenvalue weighted by Crippen LogP contribution is 2.43. The van der Waals surface area contributed by atoms with E-state index in [9.17, 15) is 18.0 Å². The fourth-order valence-corrected chi connectivity index (χ4v) is 3.73. The zero-order chi connectivity index (χ0) is 24.0. The van der Waals surface area contributed by atoms with Gasteiger partial charge < -0.3 is 9.84 Å². The molecule has 1 aromatic carbocycles. The normalized spacial score (nSPS) is 13.9. The fourth-order valence-electron chi connectivity index (χ4n) is 3.73. The molecule has 1 aliphatic carbocycles. The van der Waals surface area contributed by atoms with E-state index in [1.165, 1.54) is 10.7 Å². The van der Waals surface area contributed by atoms with E-state index >= 15 is 0 Å². The van der Waals surface area contributed by atoms with Crippen molar-refractivity contribution in [2.75, 3.05) is 5.32 Å². The first-order valence-corrected chi connectivity index (χ1v) is 10.8. The first-order valence-electron chi connectivity index (χ1n) is 10.8. The van der Waals surface area contributed by atoms with Crippen LogP contribution in [0.5, 0.6) is 0 Å². The van der Waals surface area contributed by atoms with E-state index in [0.29, 0.717) is 29.3 Å². The molecule has 8 nitrogen and oxygen atoms in total. The predicted molar refractivity (Wildman–Crippen MR) is 117 cm³/mol. The number of carbonyl (C=O) groups is 1. The van der Waals surface area contributed by atoms with E-state index in [2.05, 4.69) is 20.7 Å². The molecule has 1 aliphatic rings. The van der Waals surface area contributed by atoms with Gasteiger partial charge in [0, 0.05) is 41.7 Å². The number of nitrogens with zero attached hydrogens (tertiary/aromatic N) is 5. The minimum atomic E-state index is -4.51. The third kappa shape index (κ3) is 4.20. The van der Waals surface area contributed by atoms with Crippen LogP contribution in [0.15, 0.2) is 47.1 Å². The van der Waals surface area contributed by atoms with Crippen molar-refractivity contribution in [1.82, 2.24) is 24.7 Å². The Morgan fingerprint density at radius 2 is 1.91 bits per heavy atom. The van der Waals surface area contributed by atoms with Gasteiger partial charge in [-0.05, 0) is 57.0 Å². The van der Waals surface area contributed by atoms with Gasteiger partial charge in [0.05, 0.1) is 11.4 Å². The van der Waals surface area contributed by atoms with Crippen LogP contribution in [0, 0.1) is 6.92 Å². The van der Waals surface area contributed by atoms with Crippen LogP contribution in [0.4, 0.5) is 18.9 Å². The largest absolute Gasteiger partial charge is 0.435 e. The predicted octanol–water partition coefficient (Wildman–Crippen LogP) is 5.20. The van der Waals surface area contributed by atoms with Crippen molar-refractivity contribution in [2.24, 2.45) is 0 Å². The number of aryl methyl sites for hydroxylation is 2. The van der Waals surface area contributed by atoms with Gasteiger partial charge in [0.2, 0.25) is 5.76 Å². The van der Waals surface area contributed by atoms with Crippen molar-refractivity contribution < 1.29 is 22.5 Å². The lowest BCUT2D eigenvalue weighted by atomic mass is 10.2. The summed E-state index contributed by atoms with van der Waals surface area (Å²) in [5.74, 6) is -0.388. The zero-order valence-electron chi connectivity index (χ0n) is 18.4. The molecule has 0 atom stereocenters. The summed E-state index contributed by atoms with van der Waals surface area (Å²) >= 11 is 0. The van der Waals surface area contributed by atoms with E-state index < -0.39 is 17.8 Å². The number of hydrogen-bond acceptors (Lipinski definition) is 5. The van der Waals surface area contributed by atoms with Gasteiger partial charge in [0.25, 0.3) is 5.91 Å². The fraction of sp³-hybridized carbons (Fsp3) is 0.304. The maximum absolute atomic E-state index is 13.2. The maximum Gasteiger partial charge on any atom is 0.435 e. The third-order valence-electron chi connectivity index (χ3n) is 5.67. The molecule has 3 aromatic heterocycles. The lowest BCUT2D eigenvalue weighted by molar-refractivity contribution is -0.141. The molecule has 0 bridgehead atoms. The summed E-state index contributed by atoms with van der Waals surface area (Å²) in [6, 6.07) is 9.09. The molecule has 1 fully saturated rings. The van der Waals surface area contributed by atoms with Gasteiger partial charge in [-0.3, -0.25) is 9.48 Å². The number of rotatable bonds is 6. The van der Waals surface area contributed by atoms with Crippen LogP contribution in [-0.4, -0.2) is 30.6 Å². The second-order valence-electron chi connectivity index (χ2n) is 8.20. The second kappa shape index (κ2) is 8.15. The molecule has 34 heavy (non-hydrogen) atoms. The van der Waals surface area contributed by atoms with Crippen molar-refractivity contribution >= 4 is 11.6 Å². The Morgan fingerprint density at radius 3 is 2.53 bits per heavy atom. The number of carbonyl (C=O) groups excluding carboxylic acids is 1. The van der Waals surface area contributed by atoms with E-state index in [0.717, 1.165) is 30.2 Å². The Hall–Kier alpha value is -3.89. The molecule has 0 aliphatic heterocycles. The van der Waals surface area contributed by atoms with Gasteiger partial charge in [-0.15, -0.1) is 0 Å². The first kappa shape index (κ1) is 21.9. The molecule has 0 saturated heterocycles. The van der Waals surface area contributed by atoms with Crippen molar-refractivity contribution in [2.45, 2.75) is 45.3 Å². The summed E-state index contributed by atoms with van der Waals surface area (Å²) in [7, 11) is 0. The molecule has 3 heterocycles. The van der Waals surface area contributed by atoms with Crippen molar-refractivity contribution in [3.8, 4) is 16.9 Å². The summed E-state index contributed by atoms with van der Waals surface area (Å²) in [4.78, 5) is 12.6. The minimum absolute atomic E-state index is 0.0284. The average molecular weight is 470 g/mol. The van der Waals surface area contributed by atoms with Crippen LogP contribution in [0.25, 0.3) is 16.9 Å². The van der Waals surface area contributed by atoms with Gasteiger partial charge in [-0.2, -0.15) is 23.4 Å². The summed E-state index contributed by atoms with van der Waals surface area (Å²) in [6.45, 7) is 4.53. The van der Waals surface area contributed by atoms with E-state index in [-0.39, 0.29) is 11.7 Å². The molecule has 176 valence electrons. The number of alkyl halides is 3. The second-order valence-corrected chi connectivity index (χ2v) is 8.20. The Balaban J connectivity index is 1.33. The molecule has 1 saturated carbocycles. The summed E-state index contributed by atoms with van der Waals surface area (Å²) < 4.78 is 47.8. The number of aromatic nitrogens is 5. The highest BCUT2D eigenvalue weighted by molar-refractivity contribution is 6.02. The number of nitrogens with one attached hydrogen (secondary N) is 1. The lowest BCUT2D eigenvalue weighted by Gasteiger charge is -2.08. The SMILES string of the molecule is CCn1cc(-c2cc(C(=O)Nc3ccc(-n4nc(C(F)(F)F)cc4C4CC4)cc3)on2)c(C)n1. The summed E-state index contributed by atoms with van der Waals surface area (Å²) in [6.07, 6.45) is -0.987. The Kier molecular flexibility index (Phi) is 5.26. The van der Waals surface area contributed by atoms with Crippen molar-refractivity contribution in [3.63, 3.8) is 0 Å². The van der Waals surface area contributed by atoms with Crippen LogP contribution in [0.3, 0.4) is 0 Å². The molecule has 0 radical (unpaired) electrons. The van der Waals surface area contributed by atoms with Crippen LogP contribution in [-0.2, 0) is 12.7 Å². The smallest absolute Gasteiger partial charge is 0.350 e. The average Bonchev–Trinajstić information content (AvgIpc) is 3.21. The van der Waals surface area contributed by atoms with Gasteiger partial charge >= 0.3 is 6.18 Å². The molecular formula is C23H21F3N6O2. The Labute approximate surface area is 192 Å². The number of halogens is 3. The molecule has 4 aromatic rings. The Bertz CT molecular complexity index is 1350. The van der Waals surface area contributed by atoms with Gasteiger partial charge in [-0.1, -0.05) is 5.16 Å². The number of hydrogen-bond donors (Lipinski definition) is 1. The number of amides is 1. The number of anilines is 1. The van der Waals surface area contributed by atoms with Crippen LogP contribution >= 0.6 is 0 Å². The quantitative estimate of drug-likeness (QED) is 0.418. The zero-order valence-corrected chi connectivity index (χ0v) is 18.4. The molecule has 1 N–H and O–H groups in total. The van der Waals surface area contributed by atoms with E-state index in [1.807, 2.05) is 20.0 Å². The highest BCUT2D eigenvalue weighted by Gasteiger charge is 2.38. The van der Waals surface area contributed by atoms with Crippen LogP contribution in [0.2, 0.25) is 0 Å². The Morgan fingerprint density at radius 1 is 1.18 bits per heavy atom. The number of benzene rings is 1. The standard InChI is InChI=1S/C23H21F3N6O2/c1-3-31-12-17(13(2)28-31)18-10-20(34-30-18)22(33)27-15-6-8-16(9-7-15)32-19(14-4-5-14)11-21(29-32)23(24,25)26/h6-12,14H,3-5H2,1-2H3,(H,27,33). The monoisotopic (exact) mass is 470 g/mol. The first-order chi connectivity index (χ1) is 16.2. The van der Waals surface area contributed by atoms with Gasteiger partial charge in [-0.25, -0.2) is 4.68 Å². The van der Waals surface area contributed by atoms with Crippen LogP contribution < -0.4 is 5.32 Å². The van der Waals surface area contributed by atoms with Crippen molar-refractivity contribution in [1.29, 1.82) is 0 Å². The molecule has 5 rings (SSSR count). The van der Waals surface area contributed by atoms with Crippen molar-refractivity contribution in [3.05, 3.63) is 65.4 Å². The van der Waals surface area contributed by atoms with E-state index in [1.54, 1.807) is 28.9 Å². The molecular weight excluding hydrogens is 449 g/mol.